The molecule has 0 aliphatic rings. The Morgan fingerprint density at radius 2 is 0.820 bits per heavy atom. The number of amides is 1. The van der Waals surface area contributed by atoms with E-state index in [0.717, 1.165) is 77.0 Å². The standard InChI is InChI=1S/C55H101NO5/c1-3-5-7-9-11-13-14-15-16-23-26-29-33-37-41-45-49-55(60)61-50-46-42-38-34-30-27-24-21-19-17-18-20-22-25-28-32-36-40-44-48-54(59)56-52(51-57)53(58)47-43-39-35-31-12-10-8-6-4-2/h16,21,23-24,27,30,43,47,52-53,57-58H,3-15,17-20,22,25-26,28-29,31-42,44-46,48-51H2,1-2H3,(H,56,59)/b23-16-,24-21-,30-27-,47-43+. The third-order valence-corrected chi connectivity index (χ3v) is 11.8. The number of allylic oxidation sites excluding steroid dienone is 7. The van der Waals surface area contributed by atoms with Gasteiger partial charge in [0, 0.05) is 12.8 Å². The molecular formula is C55H101NO5. The van der Waals surface area contributed by atoms with Gasteiger partial charge in [-0.25, -0.2) is 0 Å². The van der Waals surface area contributed by atoms with Gasteiger partial charge in [0.2, 0.25) is 5.91 Å². The van der Waals surface area contributed by atoms with Crippen LogP contribution < -0.4 is 5.32 Å². The smallest absolute Gasteiger partial charge is 0.305 e. The summed E-state index contributed by atoms with van der Waals surface area (Å²) >= 11 is 0. The summed E-state index contributed by atoms with van der Waals surface area (Å²) in [5.41, 5.74) is 0. The summed E-state index contributed by atoms with van der Waals surface area (Å²) < 4.78 is 5.45. The minimum atomic E-state index is -0.849. The number of esters is 1. The number of carbonyl (C=O) groups is 2. The van der Waals surface area contributed by atoms with Gasteiger partial charge in [0.15, 0.2) is 0 Å². The lowest BCUT2D eigenvalue weighted by Gasteiger charge is -2.20. The van der Waals surface area contributed by atoms with Gasteiger partial charge >= 0.3 is 5.97 Å². The number of ether oxygens (including phenoxy) is 1. The number of carbonyl (C=O) groups excluding carboxylic acids is 2. The number of unbranched alkanes of at least 4 members (excludes halogenated alkanes) is 32. The fourth-order valence-electron chi connectivity index (χ4n) is 7.73. The lowest BCUT2D eigenvalue weighted by molar-refractivity contribution is -0.143. The molecule has 0 spiro atoms. The van der Waals surface area contributed by atoms with E-state index in [1.165, 1.54) is 161 Å². The summed E-state index contributed by atoms with van der Waals surface area (Å²) in [6, 6.07) is -0.634. The van der Waals surface area contributed by atoms with Gasteiger partial charge < -0.3 is 20.3 Å². The third kappa shape index (κ3) is 47.1. The molecule has 0 saturated carbocycles. The molecule has 0 fully saturated rings. The molecule has 2 atom stereocenters. The minimum absolute atomic E-state index is 0.0226. The Kier molecular flexibility index (Phi) is 48.7. The number of hydrogen-bond donors (Lipinski definition) is 3. The second-order valence-electron chi connectivity index (χ2n) is 17.9. The lowest BCUT2D eigenvalue weighted by Crippen LogP contribution is -2.45. The second kappa shape index (κ2) is 50.5. The Balaban J connectivity index is 3.49. The highest BCUT2D eigenvalue weighted by Gasteiger charge is 2.18. The average Bonchev–Trinajstić information content (AvgIpc) is 3.26. The van der Waals surface area contributed by atoms with Crippen LogP contribution in [0.2, 0.25) is 0 Å². The molecule has 2 unspecified atom stereocenters. The van der Waals surface area contributed by atoms with Crippen molar-refractivity contribution >= 4 is 11.9 Å². The molecule has 6 heteroatoms. The van der Waals surface area contributed by atoms with Gasteiger partial charge in [-0.2, -0.15) is 0 Å². The van der Waals surface area contributed by atoms with E-state index in [1.54, 1.807) is 6.08 Å². The van der Waals surface area contributed by atoms with E-state index in [1.807, 2.05) is 6.08 Å². The van der Waals surface area contributed by atoms with Crippen molar-refractivity contribution in [3.05, 3.63) is 48.6 Å². The molecule has 0 aliphatic heterocycles. The normalized spacial score (nSPS) is 13.0. The van der Waals surface area contributed by atoms with Crippen LogP contribution in [-0.2, 0) is 14.3 Å². The first-order valence-electron chi connectivity index (χ1n) is 26.4. The van der Waals surface area contributed by atoms with E-state index < -0.39 is 12.1 Å². The second-order valence-corrected chi connectivity index (χ2v) is 17.9. The van der Waals surface area contributed by atoms with Crippen LogP contribution in [0.25, 0.3) is 0 Å². The Morgan fingerprint density at radius 1 is 0.459 bits per heavy atom. The van der Waals surface area contributed by atoms with Crippen LogP contribution in [0.5, 0.6) is 0 Å². The average molecular weight is 856 g/mol. The molecule has 6 nitrogen and oxygen atoms in total. The summed E-state index contributed by atoms with van der Waals surface area (Å²) in [7, 11) is 0. The fraction of sp³-hybridized carbons (Fsp3) is 0.818. The van der Waals surface area contributed by atoms with Gasteiger partial charge in [-0.1, -0.05) is 210 Å². The zero-order chi connectivity index (χ0) is 44.4. The minimum Gasteiger partial charge on any atom is -0.466 e. The molecule has 0 aromatic rings. The number of hydrogen-bond acceptors (Lipinski definition) is 5. The molecule has 0 aromatic heterocycles. The van der Waals surface area contributed by atoms with E-state index in [2.05, 4.69) is 55.6 Å². The van der Waals surface area contributed by atoms with Crippen molar-refractivity contribution in [3.63, 3.8) is 0 Å². The Bertz CT molecular complexity index is 1040. The van der Waals surface area contributed by atoms with Crippen LogP contribution in [0, 0.1) is 0 Å². The molecule has 3 N–H and O–H groups in total. The van der Waals surface area contributed by atoms with Crippen LogP contribution >= 0.6 is 0 Å². The largest absolute Gasteiger partial charge is 0.466 e. The molecule has 0 aliphatic carbocycles. The maximum atomic E-state index is 12.4. The van der Waals surface area contributed by atoms with Crippen molar-refractivity contribution in [2.45, 2.75) is 276 Å². The van der Waals surface area contributed by atoms with Crippen LogP contribution in [-0.4, -0.2) is 47.4 Å². The first kappa shape index (κ1) is 58.8. The molecule has 0 rings (SSSR count). The van der Waals surface area contributed by atoms with Crippen molar-refractivity contribution in [2.75, 3.05) is 13.2 Å². The first-order chi connectivity index (χ1) is 30.0. The predicted molar refractivity (Wildman–Crippen MR) is 264 cm³/mol. The summed E-state index contributed by atoms with van der Waals surface area (Å²) in [4.78, 5) is 24.4. The predicted octanol–water partition coefficient (Wildman–Crippen LogP) is 15.8. The summed E-state index contributed by atoms with van der Waals surface area (Å²) in [6.45, 7) is 4.82. The lowest BCUT2D eigenvalue weighted by atomic mass is 10.0. The van der Waals surface area contributed by atoms with Gasteiger partial charge in [0.05, 0.1) is 25.4 Å². The van der Waals surface area contributed by atoms with Gasteiger partial charge in [-0.15, -0.1) is 0 Å². The molecular weight excluding hydrogens is 755 g/mol. The van der Waals surface area contributed by atoms with Crippen molar-refractivity contribution in [1.29, 1.82) is 0 Å². The number of nitrogens with one attached hydrogen (secondary N) is 1. The molecule has 0 heterocycles. The van der Waals surface area contributed by atoms with E-state index >= 15 is 0 Å². The number of aliphatic hydroxyl groups is 2. The van der Waals surface area contributed by atoms with Gasteiger partial charge in [-0.05, 0) is 89.9 Å². The quantitative estimate of drug-likeness (QED) is 0.0245. The van der Waals surface area contributed by atoms with Gasteiger partial charge in [0.25, 0.3) is 0 Å². The van der Waals surface area contributed by atoms with Crippen LogP contribution in [0.1, 0.15) is 264 Å². The van der Waals surface area contributed by atoms with E-state index in [4.69, 9.17) is 4.74 Å². The summed E-state index contributed by atoms with van der Waals surface area (Å²) in [6.07, 6.45) is 62.7. The molecule has 61 heavy (non-hydrogen) atoms. The maximum Gasteiger partial charge on any atom is 0.305 e. The van der Waals surface area contributed by atoms with Crippen molar-refractivity contribution in [1.82, 2.24) is 5.32 Å². The maximum absolute atomic E-state index is 12.4. The van der Waals surface area contributed by atoms with Crippen molar-refractivity contribution in [2.24, 2.45) is 0 Å². The van der Waals surface area contributed by atoms with Gasteiger partial charge in [0.1, 0.15) is 0 Å². The van der Waals surface area contributed by atoms with Crippen LogP contribution in [0.4, 0.5) is 0 Å². The summed E-state index contributed by atoms with van der Waals surface area (Å²) in [5.74, 6) is -0.105. The van der Waals surface area contributed by atoms with Crippen molar-refractivity contribution < 1.29 is 24.5 Å². The highest BCUT2D eigenvalue weighted by atomic mass is 16.5. The zero-order valence-corrected chi connectivity index (χ0v) is 40.4. The number of rotatable bonds is 48. The fourth-order valence-corrected chi connectivity index (χ4v) is 7.73. The monoisotopic (exact) mass is 856 g/mol. The highest BCUT2D eigenvalue weighted by Crippen LogP contribution is 2.14. The van der Waals surface area contributed by atoms with Gasteiger partial charge in [-0.3, -0.25) is 9.59 Å². The SMILES string of the molecule is CCCCCCCCC/C=C\CCCCCCCC(=O)OCCCCC/C=C\C=C/CCCCCCCCCCCCC(=O)NC(CO)C(O)/C=C/CCCCCCCCC. The van der Waals surface area contributed by atoms with Crippen LogP contribution in [0.15, 0.2) is 48.6 Å². The highest BCUT2D eigenvalue weighted by molar-refractivity contribution is 5.76. The molecule has 0 bridgehead atoms. The van der Waals surface area contributed by atoms with Crippen LogP contribution in [0.3, 0.4) is 0 Å². The molecule has 0 radical (unpaired) electrons. The van der Waals surface area contributed by atoms with E-state index in [0.29, 0.717) is 19.4 Å². The first-order valence-corrected chi connectivity index (χ1v) is 26.4. The van der Waals surface area contributed by atoms with E-state index in [9.17, 15) is 19.8 Å². The topological polar surface area (TPSA) is 95.9 Å². The third-order valence-electron chi connectivity index (χ3n) is 11.8. The Labute approximate surface area is 378 Å². The van der Waals surface area contributed by atoms with Crippen molar-refractivity contribution in [3.8, 4) is 0 Å². The summed E-state index contributed by atoms with van der Waals surface area (Å²) in [5, 5.41) is 22.9. The molecule has 356 valence electrons. The molecule has 1 amide bonds. The number of aliphatic hydroxyl groups excluding tert-OH is 2. The zero-order valence-electron chi connectivity index (χ0n) is 40.4. The molecule has 0 saturated heterocycles. The molecule has 0 aromatic carbocycles. The van der Waals surface area contributed by atoms with E-state index in [-0.39, 0.29) is 18.5 Å². The Morgan fingerprint density at radius 3 is 1.26 bits per heavy atom. The Hall–Kier alpha value is -2.18.